The lowest BCUT2D eigenvalue weighted by Crippen LogP contribution is -2.48. The van der Waals surface area contributed by atoms with Crippen LogP contribution in [-0.2, 0) is 9.59 Å². The number of anilines is 3. The molecule has 4 fully saturated rings. The quantitative estimate of drug-likeness (QED) is 0.212. The molecule has 2 saturated carbocycles. The van der Waals surface area contributed by atoms with Gasteiger partial charge in [-0.15, -0.1) is 0 Å². The summed E-state index contributed by atoms with van der Waals surface area (Å²) >= 11 is 5.25. The standard InChI is InChI=1S/C21H23FN6O.C17H21N3O.C4H3ClFN3/c22-16-10-24-21(26-19(16)23)27-11-14-6-7-15(12-27)18(14)20(29)28-17(8-9-25-28)13-4-2-1-3-5-13;21-17(16-13-6-7-14(16)11-18-10-13)20-15(8-9-19-20)12-4-2-1-3-5-12;5-4-8-1-2(6)3(7)9-4/h1-5,9-10,14-15,17-18H,6-8,11-12H2,(H2,23,24,26);1-5,9,13-16,18H,6-8,10-11H2;1H,(H2,7,8,9). The number of nitrogens with one attached hydrogen (secondary N) is 1. The van der Waals surface area contributed by atoms with Gasteiger partial charge in [0.15, 0.2) is 23.3 Å². The monoisotopic (exact) mass is 824 g/mol. The molecule has 4 aromatic rings. The Balaban J connectivity index is 0.000000140. The molecule has 0 spiro atoms. The Morgan fingerprint density at radius 1 is 0.661 bits per heavy atom. The molecule has 2 aromatic heterocycles. The topological polar surface area (TPSA) is 184 Å². The Morgan fingerprint density at radius 3 is 1.59 bits per heavy atom. The summed E-state index contributed by atoms with van der Waals surface area (Å²) in [4.78, 5) is 43.4. The van der Waals surface area contributed by atoms with Gasteiger partial charge in [0.2, 0.25) is 23.0 Å². The van der Waals surface area contributed by atoms with Gasteiger partial charge in [0, 0.05) is 50.2 Å². The van der Waals surface area contributed by atoms with Gasteiger partial charge in [-0.05, 0) is 85.2 Å². The van der Waals surface area contributed by atoms with Gasteiger partial charge in [0.1, 0.15) is 0 Å². The number of nitrogens with two attached hydrogens (primary N) is 2. The van der Waals surface area contributed by atoms with E-state index in [1.807, 2.05) is 65.9 Å². The summed E-state index contributed by atoms with van der Waals surface area (Å²) in [5, 5.41) is 15.7. The molecule has 308 valence electrons. The molecule has 6 atom stereocenters. The number of hydrogen-bond donors (Lipinski definition) is 3. The molecular formula is C42H47ClF2N12O2. The minimum atomic E-state index is -0.653. The fourth-order valence-electron chi connectivity index (χ4n) is 9.62. The summed E-state index contributed by atoms with van der Waals surface area (Å²) in [6, 6.07) is 20.4. The molecule has 2 saturated heterocycles. The molecule has 6 aliphatic rings. The zero-order valence-electron chi connectivity index (χ0n) is 32.4. The average molecular weight is 825 g/mol. The van der Waals surface area contributed by atoms with Crippen molar-refractivity contribution in [3.05, 3.63) is 101 Å². The molecular weight excluding hydrogens is 778 g/mol. The number of carbonyl (C=O) groups excluding carboxylic acids is 2. The summed E-state index contributed by atoms with van der Waals surface area (Å²) in [5.41, 5.74) is 12.9. The van der Waals surface area contributed by atoms with Gasteiger partial charge in [-0.25, -0.2) is 28.8 Å². The van der Waals surface area contributed by atoms with E-state index in [0.29, 0.717) is 30.9 Å². The van der Waals surface area contributed by atoms with Crippen molar-refractivity contribution in [1.29, 1.82) is 0 Å². The minimum Gasteiger partial charge on any atom is -0.381 e. The second kappa shape index (κ2) is 17.7. The summed E-state index contributed by atoms with van der Waals surface area (Å²) in [6.07, 6.45) is 11.7. The van der Waals surface area contributed by atoms with E-state index in [0.717, 1.165) is 56.7 Å². The fourth-order valence-corrected chi connectivity index (χ4v) is 9.76. The van der Waals surface area contributed by atoms with Crippen LogP contribution in [0, 0.1) is 47.1 Å². The summed E-state index contributed by atoms with van der Waals surface area (Å²) < 4.78 is 25.6. The molecule has 4 bridgehead atoms. The van der Waals surface area contributed by atoms with Gasteiger partial charge in [-0.3, -0.25) is 9.59 Å². The molecule has 2 amide bonds. The number of fused-ring (bicyclic) bond motifs is 4. The molecule has 4 aliphatic heterocycles. The van der Waals surface area contributed by atoms with Crippen molar-refractivity contribution in [2.45, 2.75) is 50.6 Å². The fraction of sp³-hybridized carbons (Fsp3) is 0.429. The molecule has 6 unspecified atom stereocenters. The van der Waals surface area contributed by atoms with E-state index in [1.54, 1.807) is 10.0 Å². The van der Waals surface area contributed by atoms with Gasteiger partial charge >= 0.3 is 0 Å². The van der Waals surface area contributed by atoms with Crippen molar-refractivity contribution in [3.8, 4) is 0 Å². The third-order valence-electron chi connectivity index (χ3n) is 12.4. The Hall–Kier alpha value is -5.61. The number of benzene rings is 2. The first-order valence-corrected chi connectivity index (χ1v) is 20.5. The van der Waals surface area contributed by atoms with Crippen LogP contribution in [0.1, 0.15) is 61.7 Å². The number of nitrogen functional groups attached to an aromatic ring is 2. The van der Waals surface area contributed by atoms with E-state index >= 15 is 0 Å². The Bertz CT molecular complexity index is 2160. The van der Waals surface area contributed by atoms with Gasteiger partial charge in [0.25, 0.3) is 0 Å². The third kappa shape index (κ3) is 8.60. The van der Waals surface area contributed by atoms with Crippen molar-refractivity contribution in [2.24, 2.45) is 45.7 Å². The van der Waals surface area contributed by atoms with Crippen LogP contribution >= 0.6 is 11.6 Å². The van der Waals surface area contributed by atoms with E-state index in [2.05, 4.69) is 47.6 Å². The number of halogens is 3. The third-order valence-corrected chi connectivity index (χ3v) is 12.6. The van der Waals surface area contributed by atoms with Crippen LogP contribution in [0.25, 0.3) is 0 Å². The van der Waals surface area contributed by atoms with Crippen LogP contribution in [0.5, 0.6) is 0 Å². The molecule has 14 nitrogen and oxygen atoms in total. The summed E-state index contributed by atoms with van der Waals surface area (Å²) in [5.74, 6) is 0.712. The number of piperidine rings is 2. The van der Waals surface area contributed by atoms with Crippen molar-refractivity contribution < 1.29 is 18.4 Å². The van der Waals surface area contributed by atoms with Gasteiger partial charge in [-0.1, -0.05) is 60.7 Å². The zero-order valence-corrected chi connectivity index (χ0v) is 33.2. The summed E-state index contributed by atoms with van der Waals surface area (Å²) in [6.45, 7) is 3.32. The van der Waals surface area contributed by atoms with Crippen LogP contribution in [0.4, 0.5) is 26.4 Å². The van der Waals surface area contributed by atoms with Crippen LogP contribution in [0.3, 0.4) is 0 Å². The second-order valence-corrected chi connectivity index (χ2v) is 16.2. The first kappa shape index (κ1) is 40.2. The number of rotatable bonds is 5. The Morgan fingerprint density at radius 2 is 1.12 bits per heavy atom. The zero-order chi connectivity index (χ0) is 41.0. The van der Waals surface area contributed by atoms with Crippen molar-refractivity contribution in [2.75, 3.05) is 42.5 Å². The number of carbonyl (C=O) groups is 2. The lowest BCUT2D eigenvalue weighted by Gasteiger charge is -2.39. The van der Waals surface area contributed by atoms with Gasteiger partial charge < -0.3 is 21.7 Å². The SMILES string of the molecule is Nc1nc(Cl)ncc1F.Nc1nc(N2CC3CCC(C2)C3C(=O)N2N=CCC2c2ccccc2)ncc1F.O=C(C1C2CCC1CNC2)N1N=CCC1c1ccccc1. The lowest BCUT2D eigenvalue weighted by atomic mass is 9.84. The van der Waals surface area contributed by atoms with E-state index in [1.165, 1.54) is 18.4 Å². The van der Waals surface area contributed by atoms with Crippen LogP contribution in [0.2, 0.25) is 5.28 Å². The number of hydrazone groups is 2. The maximum absolute atomic E-state index is 13.5. The number of aromatic nitrogens is 4. The van der Waals surface area contributed by atoms with Gasteiger partial charge in [0.05, 0.1) is 24.5 Å². The van der Waals surface area contributed by atoms with E-state index in [-0.39, 0.29) is 64.5 Å². The highest BCUT2D eigenvalue weighted by atomic mass is 35.5. The maximum Gasteiger partial charge on any atom is 0.247 e. The summed E-state index contributed by atoms with van der Waals surface area (Å²) in [7, 11) is 0. The van der Waals surface area contributed by atoms with Gasteiger partial charge in [-0.2, -0.15) is 20.2 Å². The molecule has 59 heavy (non-hydrogen) atoms. The first-order chi connectivity index (χ1) is 28.7. The van der Waals surface area contributed by atoms with Crippen LogP contribution in [0.15, 0.2) is 83.3 Å². The molecule has 17 heteroatoms. The van der Waals surface area contributed by atoms with Crippen molar-refractivity contribution in [3.63, 3.8) is 0 Å². The smallest absolute Gasteiger partial charge is 0.247 e. The predicted octanol–water partition coefficient (Wildman–Crippen LogP) is 5.66. The Labute approximate surface area is 346 Å². The average Bonchev–Trinajstić information content (AvgIpc) is 4.05. The van der Waals surface area contributed by atoms with E-state index in [9.17, 15) is 18.4 Å². The van der Waals surface area contributed by atoms with Crippen molar-refractivity contribution >= 4 is 53.4 Å². The highest BCUT2D eigenvalue weighted by molar-refractivity contribution is 6.28. The number of hydrogen-bond acceptors (Lipinski definition) is 12. The second-order valence-electron chi connectivity index (χ2n) is 15.9. The molecule has 6 heterocycles. The molecule has 10 rings (SSSR count). The van der Waals surface area contributed by atoms with Crippen molar-refractivity contribution in [1.82, 2.24) is 35.3 Å². The Kier molecular flexibility index (Phi) is 12.1. The molecule has 0 radical (unpaired) electrons. The first-order valence-electron chi connectivity index (χ1n) is 20.1. The lowest BCUT2D eigenvalue weighted by molar-refractivity contribution is -0.141. The van der Waals surface area contributed by atoms with E-state index in [4.69, 9.17) is 23.1 Å². The number of amides is 2. The largest absolute Gasteiger partial charge is 0.381 e. The van der Waals surface area contributed by atoms with Crippen LogP contribution in [-0.4, -0.2) is 80.4 Å². The highest BCUT2D eigenvalue weighted by Gasteiger charge is 2.49. The van der Waals surface area contributed by atoms with E-state index < -0.39 is 11.6 Å². The highest BCUT2D eigenvalue weighted by Crippen LogP contribution is 2.46. The predicted molar refractivity (Wildman–Crippen MR) is 221 cm³/mol. The maximum atomic E-state index is 13.5. The molecule has 2 aromatic carbocycles. The molecule has 5 N–H and O–H groups in total. The normalized spacial score (nSPS) is 27.5. The minimum absolute atomic E-state index is 0.0265. The molecule has 2 aliphatic carbocycles. The van der Waals surface area contributed by atoms with Crippen LogP contribution < -0.4 is 21.7 Å². The number of nitrogens with zero attached hydrogens (tertiary/aromatic N) is 9.